The molecule has 1 aliphatic rings. The molecule has 1 atom stereocenters. The minimum atomic E-state index is -4.71. The standard InChI is InChI=1S/C19H16ClF3N4O3/c1-10-14(15(26-30-10)12-6-2-3-7-13(12)20)17(28)27-8-4-5-11(9-27)16-24-25-18(29-16)19(21,22)23/h2-3,6-7,11H,4-5,8-9H2,1H3. The molecule has 30 heavy (non-hydrogen) atoms. The van der Waals surface area contributed by atoms with Crippen LogP contribution in [0.4, 0.5) is 13.2 Å². The SMILES string of the molecule is Cc1onc(-c2ccccc2Cl)c1C(=O)N1CCCC(c2nnc(C(F)(F)F)o2)C1. The van der Waals surface area contributed by atoms with Gasteiger partial charge in [-0.05, 0) is 25.8 Å². The lowest BCUT2D eigenvalue weighted by atomic mass is 9.96. The van der Waals surface area contributed by atoms with Crippen LogP contribution in [-0.2, 0) is 6.18 Å². The Hall–Kier alpha value is -2.88. The van der Waals surface area contributed by atoms with Crippen LogP contribution in [0.25, 0.3) is 11.3 Å². The second-order valence-corrected chi connectivity index (χ2v) is 7.38. The van der Waals surface area contributed by atoms with Gasteiger partial charge in [-0.2, -0.15) is 13.2 Å². The van der Waals surface area contributed by atoms with Crippen LogP contribution in [0.5, 0.6) is 0 Å². The van der Waals surface area contributed by atoms with Gasteiger partial charge in [-0.15, -0.1) is 10.2 Å². The van der Waals surface area contributed by atoms with Crippen molar-refractivity contribution in [1.29, 1.82) is 0 Å². The lowest BCUT2D eigenvalue weighted by Crippen LogP contribution is -2.39. The first-order valence-electron chi connectivity index (χ1n) is 9.16. The Morgan fingerprint density at radius 2 is 2.03 bits per heavy atom. The minimum Gasteiger partial charge on any atom is -0.417 e. The molecule has 7 nitrogen and oxygen atoms in total. The van der Waals surface area contributed by atoms with E-state index in [1.54, 1.807) is 31.2 Å². The van der Waals surface area contributed by atoms with Crippen molar-refractivity contribution >= 4 is 17.5 Å². The fraction of sp³-hybridized carbons (Fsp3) is 0.368. The van der Waals surface area contributed by atoms with Gasteiger partial charge in [0.2, 0.25) is 5.89 Å². The maximum atomic E-state index is 13.3. The zero-order valence-electron chi connectivity index (χ0n) is 15.7. The lowest BCUT2D eigenvalue weighted by molar-refractivity contribution is -0.157. The van der Waals surface area contributed by atoms with Crippen LogP contribution in [-0.4, -0.2) is 39.3 Å². The molecule has 1 aliphatic heterocycles. The number of likely N-dealkylation sites (tertiary alicyclic amines) is 1. The van der Waals surface area contributed by atoms with Crippen molar-refractivity contribution in [3.05, 3.63) is 52.4 Å². The number of amides is 1. The van der Waals surface area contributed by atoms with Gasteiger partial charge in [0.15, 0.2) is 0 Å². The number of nitrogens with zero attached hydrogens (tertiary/aromatic N) is 4. The molecule has 1 saturated heterocycles. The van der Waals surface area contributed by atoms with Gasteiger partial charge in [-0.1, -0.05) is 35.0 Å². The topological polar surface area (TPSA) is 85.3 Å². The number of aromatic nitrogens is 3. The van der Waals surface area contributed by atoms with Crippen LogP contribution >= 0.6 is 11.6 Å². The highest BCUT2D eigenvalue weighted by atomic mass is 35.5. The average Bonchev–Trinajstić information content (AvgIpc) is 3.35. The summed E-state index contributed by atoms with van der Waals surface area (Å²) in [5, 5.41) is 11.0. The van der Waals surface area contributed by atoms with Gasteiger partial charge in [0.1, 0.15) is 17.0 Å². The van der Waals surface area contributed by atoms with E-state index in [4.69, 9.17) is 20.5 Å². The average molecular weight is 441 g/mol. The molecule has 0 spiro atoms. The summed E-state index contributed by atoms with van der Waals surface area (Å²) in [6.45, 7) is 2.20. The Morgan fingerprint density at radius 3 is 2.73 bits per heavy atom. The Labute approximate surface area is 173 Å². The first kappa shape index (κ1) is 20.4. The molecular formula is C19H16ClF3N4O3. The van der Waals surface area contributed by atoms with Crippen LogP contribution in [0.15, 0.2) is 33.2 Å². The van der Waals surface area contributed by atoms with Crippen molar-refractivity contribution in [1.82, 2.24) is 20.3 Å². The first-order chi connectivity index (χ1) is 14.3. The van der Waals surface area contributed by atoms with Crippen LogP contribution in [0.2, 0.25) is 5.02 Å². The lowest BCUT2D eigenvalue weighted by Gasteiger charge is -2.31. The molecule has 0 N–H and O–H groups in total. The predicted octanol–water partition coefficient (Wildman–Crippen LogP) is 4.73. The molecular weight excluding hydrogens is 425 g/mol. The van der Waals surface area contributed by atoms with E-state index in [-0.39, 0.29) is 23.9 Å². The van der Waals surface area contributed by atoms with Crippen LogP contribution < -0.4 is 0 Å². The first-order valence-corrected chi connectivity index (χ1v) is 9.54. The van der Waals surface area contributed by atoms with Gasteiger partial charge in [0.25, 0.3) is 5.91 Å². The van der Waals surface area contributed by atoms with Crippen LogP contribution in [0.3, 0.4) is 0 Å². The number of piperidine rings is 1. The number of aryl methyl sites for hydroxylation is 1. The molecule has 3 heterocycles. The smallest absolute Gasteiger partial charge is 0.417 e. The Balaban J connectivity index is 1.60. The number of alkyl halides is 3. The van der Waals surface area contributed by atoms with Gasteiger partial charge in [-0.3, -0.25) is 4.79 Å². The van der Waals surface area contributed by atoms with Crippen molar-refractivity contribution in [3.8, 4) is 11.3 Å². The fourth-order valence-corrected chi connectivity index (χ4v) is 3.72. The van der Waals surface area contributed by atoms with E-state index in [2.05, 4.69) is 15.4 Å². The van der Waals surface area contributed by atoms with E-state index in [0.717, 1.165) is 0 Å². The molecule has 0 radical (unpaired) electrons. The third-order valence-corrected chi connectivity index (χ3v) is 5.28. The quantitative estimate of drug-likeness (QED) is 0.585. The second-order valence-electron chi connectivity index (χ2n) is 6.98. The largest absolute Gasteiger partial charge is 0.470 e. The highest BCUT2D eigenvalue weighted by Gasteiger charge is 2.40. The van der Waals surface area contributed by atoms with Gasteiger partial charge in [0, 0.05) is 18.7 Å². The van der Waals surface area contributed by atoms with E-state index in [9.17, 15) is 18.0 Å². The molecule has 1 unspecified atom stereocenters. The zero-order valence-corrected chi connectivity index (χ0v) is 16.5. The molecule has 4 rings (SSSR count). The summed E-state index contributed by atoms with van der Waals surface area (Å²) in [5.41, 5.74) is 1.15. The van der Waals surface area contributed by atoms with Crippen molar-refractivity contribution < 1.29 is 26.9 Å². The Morgan fingerprint density at radius 1 is 1.27 bits per heavy atom. The van der Waals surface area contributed by atoms with Crippen LogP contribution in [0.1, 0.15) is 46.7 Å². The summed E-state index contributed by atoms with van der Waals surface area (Å²) < 4.78 is 48.3. The molecule has 1 amide bonds. The summed E-state index contributed by atoms with van der Waals surface area (Å²) in [4.78, 5) is 14.8. The maximum absolute atomic E-state index is 13.3. The van der Waals surface area contributed by atoms with Gasteiger partial charge in [-0.25, -0.2) is 0 Å². The van der Waals surface area contributed by atoms with E-state index in [0.29, 0.717) is 41.4 Å². The predicted molar refractivity (Wildman–Crippen MR) is 98.9 cm³/mol. The third-order valence-electron chi connectivity index (χ3n) is 4.95. The minimum absolute atomic E-state index is 0.131. The fourth-order valence-electron chi connectivity index (χ4n) is 3.50. The van der Waals surface area contributed by atoms with E-state index >= 15 is 0 Å². The molecule has 3 aromatic rings. The number of carbonyl (C=O) groups is 1. The molecule has 11 heteroatoms. The van der Waals surface area contributed by atoms with Crippen LogP contribution in [0, 0.1) is 6.92 Å². The summed E-state index contributed by atoms with van der Waals surface area (Å²) in [6.07, 6.45) is -3.60. The third kappa shape index (κ3) is 3.79. The Bertz CT molecular complexity index is 1080. The summed E-state index contributed by atoms with van der Waals surface area (Å²) in [6, 6.07) is 6.94. The number of halogens is 4. The van der Waals surface area contributed by atoms with Gasteiger partial charge in [0.05, 0.1) is 10.9 Å². The summed E-state index contributed by atoms with van der Waals surface area (Å²) in [5.74, 6) is -2.03. The second kappa shape index (κ2) is 7.75. The van der Waals surface area contributed by atoms with Crippen molar-refractivity contribution in [2.24, 2.45) is 0 Å². The van der Waals surface area contributed by atoms with E-state index in [1.165, 1.54) is 4.90 Å². The number of benzene rings is 1. The normalized spacial score (nSPS) is 17.4. The molecule has 0 bridgehead atoms. The monoisotopic (exact) mass is 440 g/mol. The van der Waals surface area contributed by atoms with Crippen molar-refractivity contribution in [2.45, 2.75) is 31.9 Å². The van der Waals surface area contributed by atoms with Crippen molar-refractivity contribution in [2.75, 3.05) is 13.1 Å². The number of rotatable bonds is 3. The maximum Gasteiger partial charge on any atom is 0.470 e. The van der Waals surface area contributed by atoms with Gasteiger partial charge < -0.3 is 13.8 Å². The van der Waals surface area contributed by atoms with E-state index in [1.807, 2.05) is 0 Å². The highest BCUT2D eigenvalue weighted by molar-refractivity contribution is 6.33. The summed E-state index contributed by atoms with van der Waals surface area (Å²) in [7, 11) is 0. The highest BCUT2D eigenvalue weighted by Crippen LogP contribution is 2.35. The van der Waals surface area contributed by atoms with E-state index < -0.39 is 18.0 Å². The van der Waals surface area contributed by atoms with Gasteiger partial charge >= 0.3 is 12.1 Å². The molecule has 1 aromatic carbocycles. The Kier molecular flexibility index (Phi) is 5.27. The van der Waals surface area contributed by atoms with Crippen molar-refractivity contribution in [3.63, 3.8) is 0 Å². The molecule has 0 saturated carbocycles. The number of carbonyl (C=O) groups excluding carboxylic acids is 1. The molecule has 2 aromatic heterocycles. The number of hydrogen-bond acceptors (Lipinski definition) is 6. The molecule has 1 fully saturated rings. The molecule has 158 valence electrons. The number of hydrogen-bond donors (Lipinski definition) is 0. The summed E-state index contributed by atoms with van der Waals surface area (Å²) >= 11 is 6.25. The zero-order chi connectivity index (χ0) is 21.5. The molecule has 0 aliphatic carbocycles.